The Kier molecular flexibility index (Phi) is 6.94. The number of hydroxylamine groups is 2. The summed E-state index contributed by atoms with van der Waals surface area (Å²) in [6.07, 6.45) is 4.38. The van der Waals surface area contributed by atoms with E-state index in [4.69, 9.17) is 33.6 Å². The van der Waals surface area contributed by atoms with E-state index in [0.29, 0.717) is 12.5 Å². The molecule has 42 heavy (non-hydrogen) atoms. The number of likely N-dealkylation sites (N-methyl/N-ethyl adjacent to an activating group) is 1. The molecule has 9 rings (SSSR count). The molecule has 2 spiro atoms. The molecule has 0 radical (unpaired) electrons. The van der Waals surface area contributed by atoms with Gasteiger partial charge in [0, 0.05) is 58.0 Å². The van der Waals surface area contributed by atoms with Crippen LogP contribution in [0.4, 0.5) is 0 Å². The van der Waals surface area contributed by atoms with Gasteiger partial charge in [0.1, 0.15) is 11.4 Å². The fourth-order valence-electron chi connectivity index (χ4n) is 9.29. The van der Waals surface area contributed by atoms with Gasteiger partial charge < -0.3 is 23.8 Å². The van der Waals surface area contributed by atoms with E-state index >= 15 is 0 Å². The second-order valence-corrected chi connectivity index (χ2v) is 14.1. The Morgan fingerprint density at radius 1 is 1.05 bits per heavy atom. The Morgan fingerprint density at radius 2 is 1.90 bits per heavy atom. The van der Waals surface area contributed by atoms with Crippen LogP contribution in [0.5, 0.6) is 5.75 Å². The largest absolute Gasteiger partial charge is 0.497 e. The quantitative estimate of drug-likeness (QED) is 0.480. The van der Waals surface area contributed by atoms with Crippen molar-refractivity contribution in [1.82, 2.24) is 14.9 Å². The van der Waals surface area contributed by atoms with Crippen LogP contribution in [0.1, 0.15) is 63.1 Å². The number of methoxy groups -OCH3 is 1. The molecule has 1 saturated carbocycles. The van der Waals surface area contributed by atoms with Crippen LogP contribution in [0.2, 0.25) is 0 Å². The van der Waals surface area contributed by atoms with Crippen molar-refractivity contribution in [2.24, 2.45) is 17.8 Å². The Bertz CT molecular complexity index is 1180. The SMILES string of the molecule is COc1ccc2c(c1)CCN1O[C@@]3(C[C@H]21)[C@@H](OCCN1CCN(C)CC1)O[C@@H]1O[C@@]2(C)CC[C@H]4[C@H](C)CC[C@@H]3[C@@]14OO2. The highest BCUT2D eigenvalue weighted by Crippen LogP contribution is 2.65. The number of fused-ring (bicyclic) bond motifs is 6. The third-order valence-corrected chi connectivity index (χ3v) is 11.7. The topological polar surface area (TPSA) is 74.3 Å². The Labute approximate surface area is 249 Å². The second-order valence-electron chi connectivity index (χ2n) is 14.1. The molecule has 7 fully saturated rings. The van der Waals surface area contributed by atoms with Gasteiger partial charge in [-0.15, -0.1) is 0 Å². The molecular formula is C32H47N3O7. The minimum absolute atomic E-state index is 0.00790. The molecule has 10 nitrogen and oxygen atoms in total. The van der Waals surface area contributed by atoms with E-state index in [2.05, 4.69) is 47.0 Å². The highest BCUT2D eigenvalue weighted by molar-refractivity contribution is 5.40. The van der Waals surface area contributed by atoms with Crippen molar-refractivity contribution < 1.29 is 33.6 Å². The van der Waals surface area contributed by atoms with Crippen LogP contribution in [-0.2, 0) is 35.2 Å². The average molecular weight is 586 g/mol. The van der Waals surface area contributed by atoms with E-state index in [9.17, 15) is 0 Å². The van der Waals surface area contributed by atoms with Gasteiger partial charge in [-0.05, 0) is 74.8 Å². The lowest BCUT2D eigenvalue weighted by atomic mass is 9.55. The molecule has 0 aromatic heterocycles. The van der Waals surface area contributed by atoms with E-state index in [-0.39, 0.29) is 17.9 Å². The fraction of sp³-hybridized carbons (Fsp3) is 0.812. The van der Waals surface area contributed by atoms with Gasteiger partial charge in [0.25, 0.3) is 0 Å². The van der Waals surface area contributed by atoms with Crippen LogP contribution >= 0.6 is 0 Å². The van der Waals surface area contributed by atoms with Crippen molar-refractivity contribution >= 4 is 0 Å². The molecule has 1 aromatic rings. The van der Waals surface area contributed by atoms with Gasteiger partial charge in [0.2, 0.25) is 5.79 Å². The molecule has 0 unspecified atom stereocenters. The highest BCUT2D eigenvalue weighted by atomic mass is 17.3. The minimum Gasteiger partial charge on any atom is -0.497 e. The summed E-state index contributed by atoms with van der Waals surface area (Å²) in [6.45, 7) is 10.9. The number of rotatable bonds is 5. The zero-order valence-electron chi connectivity index (χ0n) is 25.6. The summed E-state index contributed by atoms with van der Waals surface area (Å²) in [5.74, 6) is 0.821. The molecule has 9 atom stereocenters. The van der Waals surface area contributed by atoms with Gasteiger partial charge in [-0.25, -0.2) is 9.78 Å². The van der Waals surface area contributed by atoms with E-state index < -0.39 is 29.6 Å². The van der Waals surface area contributed by atoms with Gasteiger partial charge in [-0.1, -0.05) is 13.0 Å². The lowest BCUT2D eigenvalue weighted by molar-refractivity contribution is -0.587. The summed E-state index contributed by atoms with van der Waals surface area (Å²) < 4.78 is 26.0. The zero-order valence-corrected chi connectivity index (χ0v) is 25.6. The van der Waals surface area contributed by atoms with Crippen LogP contribution in [0.15, 0.2) is 18.2 Å². The van der Waals surface area contributed by atoms with Crippen LogP contribution in [0.25, 0.3) is 0 Å². The van der Waals surface area contributed by atoms with Gasteiger partial charge in [0.05, 0.1) is 19.8 Å². The highest BCUT2D eigenvalue weighted by Gasteiger charge is 2.76. The Balaban J connectivity index is 1.14. The Hall–Kier alpha value is -1.34. The number of piperazine rings is 1. The fourth-order valence-corrected chi connectivity index (χ4v) is 9.29. The number of ether oxygens (including phenoxy) is 4. The first-order valence-electron chi connectivity index (χ1n) is 16.2. The molecular weight excluding hydrogens is 538 g/mol. The standard InChI is InChI=1S/C32H47N3O7/c1-21-5-8-27-31(20-26-24-7-6-23(36-4)19-22(24)10-12-35(26)40-31)28(37-18-17-34-15-13-33(3)14-16-34)38-29-32(27)25(21)9-11-30(2,39-29)41-42-32/h6-7,19,21,25-29H,5,8-18,20H2,1-4H3/t21-,25+,26-,27+,28+,29-,30-,31-,32-/m1/s1. The molecule has 8 aliphatic rings. The number of hydrogen-bond acceptors (Lipinski definition) is 10. The first-order valence-corrected chi connectivity index (χ1v) is 16.2. The monoisotopic (exact) mass is 585 g/mol. The van der Waals surface area contributed by atoms with Crippen molar-refractivity contribution in [1.29, 1.82) is 0 Å². The van der Waals surface area contributed by atoms with Crippen molar-refractivity contribution in [2.45, 2.75) is 88.0 Å². The van der Waals surface area contributed by atoms with Crippen molar-refractivity contribution in [3.63, 3.8) is 0 Å². The first kappa shape index (κ1) is 28.2. The maximum atomic E-state index is 7.20. The number of benzene rings is 1. The summed E-state index contributed by atoms with van der Waals surface area (Å²) in [7, 11) is 3.92. The molecule has 232 valence electrons. The summed E-state index contributed by atoms with van der Waals surface area (Å²) in [4.78, 5) is 24.8. The first-order chi connectivity index (χ1) is 20.3. The molecule has 0 amide bonds. The summed E-state index contributed by atoms with van der Waals surface area (Å²) in [5, 5.41) is 2.20. The molecule has 7 aliphatic heterocycles. The Morgan fingerprint density at radius 3 is 2.74 bits per heavy atom. The van der Waals surface area contributed by atoms with E-state index in [0.717, 1.165) is 83.5 Å². The smallest absolute Gasteiger partial charge is 0.201 e. The zero-order chi connectivity index (χ0) is 28.7. The third kappa shape index (κ3) is 4.24. The third-order valence-electron chi connectivity index (χ3n) is 11.7. The number of hydrogen-bond donors (Lipinski definition) is 0. The van der Waals surface area contributed by atoms with Crippen molar-refractivity contribution in [3.05, 3.63) is 29.3 Å². The van der Waals surface area contributed by atoms with Crippen LogP contribution in [0, 0.1) is 17.8 Å². The van der Waals surface area contributed by atoms with Gasteiger partial charge >= 0.3 is 0 Å². The second kappa shape index (κ2) is 10.4. The predicted octanol–water partition coefficient (Wildman–Crippen LogP) is 3.50. The molecule has 0 N–H and O–H groups in total. The summed E-state index contributed by atoms with van der Waals surface area (Å²) >= 11 is 0. The van der Waals surface area contributed by atoms with E-state index in [1.807, 2.05) is 6.92 Å². The normalized spacial score (nSPS) is 45.3. The molecule has 7 heterocycles. The van der Waals surface area contributed by atoms with Gasteiger partial charge in [-0.2, -0.15) is 5.06 Å². The van der Waals surface area contributed by atoms with Crippen molar-refractivity contribution in [3.8, 4) is 5.75 Å². The van der Waals surface area contributed by atoms with E-state index in [1.54, 1.807) is 7.11 Å². The van der Waals surface area contributed by atoms with Crippen LogP contribution in [0.3, 0.4) is 0 Å². The summed E-state index contributed by atoms with van der Waals surface area (Å²) in [5.41, 5.74) is 1.19. The molecule has 1 aromatic carbocycles. The van der Waals surface area contributed by atoms with Gasteiger partial charge in [0.15, 0.2) is 18.2 Å². The number of nitrogens with zero attached hydrogens (tertiary/aromatic N) is 3. The lowest BCUT2D eigenvalue weighted by Crippen LogP contribution is -2.76. The van der Waals surface area contributed by atoms with Gasteiger partial charge in [-0.3, -0.25) is 9.74 Å². The molecule has 10 heteroatoms. The average Bonchev–Trinajstić information content (AvgIpc) is 3.24. The van der Waals surface area contributed by atoms with Crippen LogP contribution < -0.4 is 4.74 Å². The van der Waals surface area contributed by atoms with Crippen LogP contribution in [-0.4, -0.2) is 104 Å². The maximum absolute atomic E-state index is 7.20. The van der Waals surface area contributed by atoms with Crippen molar-refractivity contribution in [2.75, 3.05) is 60.0 Å². The molecule has 6 saturated heterocycles. The molecule has 2 bridgehead atoms. The summed E-state index contributed by atoms with van der Waals surface area (Å²) in [6, 6.07) is 6.58. The predicted molar refractivity (Wildman–Crippen MR) is 152 cm³/mol. The molecule has 1 aliphatic carbocycles. The maximum Gasteiger partial charge on any atom is 0.201 e. The van der Waals surface area contributed by atoms with E-state index in [1.165, 1.54) is 11.1 Å². The minimum atomic E-state index is -0.821. The lowest BCUT2D eigenvalue weighted by Gasteiger charge is -2.63.